The first-order chi connectivity index (χ1) is 7.84. The Hall–Kier alpha value is -2.23. The molecular formula is C12H10FN3. The van der Waals surface area contributed by atoms with E-state index in [2.05, 4.69) is 15.5 Å². The zero-order valence-corrected chi connectivity index (χ0v) is 8.47. The second-order valence-corrected chi connectivity index (χ2v) is 3.16. The number of rotatable bonds is 3. The number of nitrogens with zero attached hydrogens (tertiary/aromatic N) is 2. The summed E-state index contributed by atoms with van der Waals surface area (Å²) in [7, 11) is 0. The average molecular weight is 215 g/mol. The van der Waals surface area contributed by atoms with E-state index in [9.17, 15) is 4.39 Å². The quantitative estimate of drug-likeness (QED) is 0.631. The molecule has 1 N–H and O–H groups in total. The molecule has 0 fully saturated rings. The lowest BCUT2D eigenvalue weighted by Crippen LogP contribution is -1.90. The fourth-order valence-corrected chi connectivity index (χ4v) is 1.16. The highest BCUT2D eigenvalue weighted by Gasteiger charge is 1.90. The first-order valence-corrected chi connectivity index (χ1v) is 4.79. The number of hydrogen-bond acceptors (Lipinski definition) is 3. The zero-order valence-electron chi connectivity index (χ0n) is 8.47. The van der Waals surface area contributed by atoms with Crippen LogP contribution in [0, 0.1) is 5.82 Å². The Kier molecular flexibility index (Phi) is 3.23. The molecule has 0 unspecified atom stereocenters. The molecule has 0 aliphatic heterocycles. The summed E-state index contributed by atoms with van der Waals surface area (Å²) in [5.41, 5.74) is 4.43. The zero-order chi connectivity index (χ0) is 11.2. The van der Waals surface area contributed by atoms with Gasteiger partial charge in [-0.1, -0.05) is 6.07 Å². The number of aromatic nitrogens is 1. The van der Waals surface area contributed by atoms with Crippen LogP contribution in [0.25, 0.3) is 0 Å². The van der Waals surface area contributed by atoms with Crippen LogP contribution in [0.2, 0.25) is 0 Å². The van der Waals surface area contributed by atoms with E-state index in [-0.39, 0.29) is 5.82 Å². The Morgan fingerprint density at radius 2 is 2.00 bits per heavy atom. The lowest BCUT2D eigenvalue weighted by Gasteiger charge is -1.98. The minimum absolute atomic E-state index is 0.262. The smallest absolute Gasteiger partial charge is 0.123 e. The van der Waals surface area contributed by atoms with Gasteiger partial charge in [-0.05, 0) is 30.3 Å². The molecule has 0 radical (unpaired) electrons. The van der Waals surface area contributed by atoms with Crippen LogP contribution in [0.1, 0.15) is 5.56 Å². The number of hydrazone groups is 1. The van der Waals surface area contributed by atoms with Crippen LogP contribution < -0.4 is 5.43 Å². The van der Waals surface area contributed by atoms with E-state index in [4.69, 9.17) is 0 Å². The normalized spacial score (nSPS) is 10.6. The molecular weight excluding hydrogens is 205 g/mol. The predicted octanol–water partition coefficient (Wildman–Crippen LogP) is 2.67. The number of hydrogen-bond donors (Lipinski definition) is 1. The summed E-state index contributed by atoms with van der Waals surface area (Å²) in [5.74, 6) is -0.262. The molecule has 0 aliphatic carbocycles. The molecule has 3 nitrogen and oxygen atoms in total. The summed E-state index contributed by atoms with van der Waals surface area (Å²) in [5, 5.41) is 4.00. The van der Waals surface area contributed by atoms with Crippen molar-refractivity contribution in [3.63, 3.8) is 0 Å². The van der Waals surface area contributed by atoms with Crippen LogP contribution >= 0.6 is 0 Å². The van der Waals surface area contributed by atoms with Gasteiger partial charge in [0.15, 0.2) is 0 Å². The summed E-state index contributed by atoms with van der Waals surface area (Å²) in [6.07, 6.45) is 5.05. The number of pyridine rings is 1. The Bertz CT molecular complexity index is 465. The van der Waals surface area contributed by atoms with Crippen molar-refractivity contribution in [3.8, 4) is 0 Å². The van der Waals surface area contributed by atoms with Gasteiger partial charge < -0.3 is 0 Å². The molecule has 80 valence electrons. The number of nitrogens with one attached hydrogen (secondary N) is 1. The summed E-state index contributed by atoms with van der Waals surface area (Å²) in [6.45, 7) is 0. The summed E-state index contributed by atoms with van der Waals surface area (Å²) >= 11 is 0. The fraction of sp³-hybridized carbons (Fsp3) is 0. The summed E-state index contributed by atoms with van der Waals surface area (Å²) in [6, 6.07) is 9.72. The molecule has 1 aromatic heterocycles. The molecule has 0 aliphatic rings. The number of benzene rings is 1. The van der Waals surface area contributed by atoms with E-state index in [1.807, 2.05) is 12.1 Å². The van der Waals surface area contributed by atoms with Crippen LogP contribution in [-0.4, -0.2) is 11.2 Å². The van der Waals surface area contributed by atoms with Gasteiger partial charge in [0.2, 0.25) is 0 Å². The minimum Gasteiger partial charge on any atom is -0.279 e. The van der Waals surface area contributed by atoms with Gasteiger partial charge in [0, 0.05) is 18.0 Å². The molecule has 0 atom stereocenters. The monoisotopic (exact) mass is 215 g/mol. The third-order valence-corrected chi connectivity index (χ3v) is 1.94. The van der Waals surface area contributed by atoms with E-state index < -0.39 is 0 Å². The third-order valence-electron chi connectivity index (χ3n) is 1.94. The van der Waals surface area contributed by atoms with Crippen molar-refractivity contribution < 1.29 is 4.39 Å². The largest absolute Gasteiger partial charge is 0.279 e. The standard InChI is InChI=1S/C12H10FN3/c13-11-3-5-12(6-4-11)16-15-9-10-2-1-7-14-8-10/h1-9,16H. The topological polar surface area (TPSA) is 37.3 Å². The van der Waals surface area contributed by atoms with E-state index in [0.717, 1.165) is 11.3 Å². The van der Waals surface area contributed by atoms with Gasteiger partial charge in [-0.25, -0.2) is 4.39 Å². The van der Waals surface area contributed by atoms with Crippen molar-refractivity contribution in [1.82, 2.24) is 4.98 Å². The second-order valence-electron chi connectivity index (χ2n) is 3.16. The van der Waals surface area contributed by atoms with Crippen molar-refractivity contribution in [2.45, 2.75) is 0 Å². The maximum absolute atomic E-state index is 12.6. The fourth-order valence-electron chi connectivity index (χ4n) is 1.16. The van der Waals surface area contributed by atoms with Gasteiger partial charge in [-0.2, -0.15) is 5.10 Å². The highest BCUT2D eigenvalue weighted by atomic mass is 19.1. The average Bonchev–Trinajstić information content (AvgIpc) is 2.33. The SMILES string of the molecule is Fc1ccc(NN=Cc2cccnc2)cc1. The molecule has 0 saturated heterocycles. The van der Waals surface area contributed by atoms with Crippen molar-refractivity contribution in [3.05, 3.63) is 60.2 Å². The highest BCUT2D eigenvalue weighted by molar-refractivity contribution is 5.79. The Balaban J connectivity index is 1.97. The number of anilines is 1. The van der Waals surface area contributed by atoms with Crippen LogP contribution in [0.3, 0.4) is 0 Å². The van der Waals surface area contributed by atoms with Gasteiger partial charge in [0.25, 0.3) is 0 Å². The van der Waals surface area contributed by atoms with Crippen LogP contribution in [0.4, 0.5) is 10.1 Å². The molecule has 1 aromatic carbocycles. The first kappa shape index (κ1) is 10.3. The van der Waals surface area contributed by atoms with Crippen LogP contribution in [0.15, 0.2) is 53.9 Å². The van der Waals surface area contributed by atoms with Crippen molar-refractivity contribution in [1.29, 1.82) is 0 Å². The molecule has 2 aromatic rings. The lowest BCUT2D eigenvalue weighted by molar-refractivity contribution is 0.628. The minimum atomic E-state index is -0.262. The van der Waals surface area contributed by atoms with Gasteiger partial charge in [0.05, 0.1) is 11.9 Å². The van der Waals surface area contributed by atoms with E-state index in [1.165, 1.54) is 12.1 Å². The van der Waals surface area contributed by atoms with Gasteiger partial charge in [-0.15, -0.1) is 0 Å². The second kappa shape index (κ2) is 5.02. The van der Waals surface area contributed by atoms with E-state index in [0.29, 0.717) is 0 Å². The molecule has 4 heteroatoms. The molecule has 0 saturated carbocycles. The Morgan fingerprint density at radius 3 is 2.69 bits per heavy atom. The summed E-state index contributed by atoms with van der Waals surface area (Å²) < 4.78 is 12.6. The maximum Gasteiger partial charge on any atom is 0.123 e. The molecule has 2 rings (SSSR count). The number of halogens is 1. The first-order valence-electron chi connectivity index (χ1n) is 4.79. The van der Waals surface area contributed by atoms with Crippen LogP contribution in [0.5, 0.6) is 0 Å². The van der Waals surface area contributed by atoms with Crippen molar-refractivity contribution in [2.24, 2.45) is 5.10 Å². The maximum atomic E-state index is 12.6. The molecule has 0 amide bonds. The Morgan fingerprint density at radius 1 is 1.19 bits per heavy atom. The lowest BCUT2D eigenvalue weighted by atomic mass is 10.3. The van der Waals surface area contributed by atoms with Crippen LogP contribution in [-0.2, 0) is 0 Å². The van der Waals surface area contributed by atoms with Gasteiger partial charge in [0.1, 0.15) is 5.82 Å². The molecule has 1 heterocycles. The molecule has 16 heavy (non-hydrogen) atoms. The Labute approximate surface area is 92.7 Å². The van der Waals surface area contributed by atoms with E-state index >= 15 is 0 Å². The van der Waals surface area contributed by atoms with Gasteiger partial charge >= 0.3 is 0 Å². The summed E-state index contributed by atoms with van der Waals surface area (Å²) in [4.78, 5) is 3.95. The predicted molar refractivity (Wildman–Crippen MR) is 61.9 cm³/mol. The molecule has 0 bridgehead atoms. The van der Waals surface area contributed by atoms with E-state index in [1.54, 1.807) is 30.7 Å². The van der Waals surface area contributed by atoms with Crippen molar-refractivity contribution >= 4 is 11.9 Å². The highest BCUT2D eigenvalue weighted by Crippen LogP contribution is 2.07. The van der Waals surface area contributed by atoms with Gasteiger partial charge in [-0.3, -0.25) is 10.4 Å². The molecule has 0 spiro atoms. The van der Waals surface area contributed by atoms with Crippen molar-refractivity contribution in [2.75, 3.05) is 5.43 Å². The third kappa shape index (κ3) is 2.88.